The summed E-state index contributed by atoms with van der Waals surface area (Å²) >= 11 is 6.53. The van der Waals surface area contributed by atoms with Crippen LogP contribution in [0.25, 0.3) is 0 Å². The Balaban J connectivity index is 0.000000102. The zero-order valence-electron chi connectivity index (χ0n) is 13.8. The third kappa shape index (κ3) is 2.55. The molecule has 0 aliphatic heterocycles. The molecular weight excluding hydrogens is 292 g/mol. The van der Waals surface area contributed by atoms with Crippen LogP contribution in [-0.4, -0.2) is 15.6 Å². The minimum absolute atomic E-state index is 0.200. The van der Waals surface area contributed by atoms with Crippen LogP contribution in [0.1, 0.15) is 77.0 Å². The van der Waals surface area contributed by atoms with Crippen molar-refractivity contribution in [3.8, 4) is 0 Å². The molecule has 0 aromatic rings. The van der Waals surface area contributed by atoms with Gasteiger partial charge in [0.2, 0.25) is 0 Å². The Morgan fingerprint density at radius 2 is 0.818 bits per heavy atom. The molecule has 8 aliphatic carbocycles. The second kappa shape index (κ2) is 4.88. The molecule has 0 heterocycles. The first kappa shape index (κ1) is 14.6. The molecule has 2 heteroatoms. The van der Waals surface area contributed by atoms with E-state index in [4.69, 9.17) is 11.6 Å². The topological polar surface area (TPSA) is 20.2 Å². The van der Waals surface area contributed by atoms with Crippen molar-refractivity contribution in [3.63, 3.8) is 0 Å². The van der Waals surface area contributed by atoms with Crippen LogP contribution in [0.3, 0.4) is 0 Å². The van der Waals surface area contributed by atoms with E-state index in [1.54, 1.807) is 0 Å². The van der Waals surface area contributed by atoms with Crippen LogP contribution >= 0.6 is 11.6 Å². The summed E-state index contributed by atoms with van der Waals surface area (Å²) in [4.78, 5) is 0.273. The van der Waals surface area contributed by atoms with Gasteiger partial charge in [-0.3, -0.25) is 0 Å². The van der Waals surface area contributed by atoms with Crippen molar-refractivity contribution in [2.75, 3.05) is 0 Å². The third-order valence-corrected chi connectivity index (χ3v) is 8.43. The van der Waals surface area contributed by atoms with Gasteiger partial charge in [0, 0.05) is 4.87 Å². The van der Waals surface area contributed by atoms with Crippen molar-refractivity contribution in [2.45, 2.75) is 87.5 Å². The third-order valence-electron chi connectivity index (χ3n) is 7.97. The van der Waals surface area contributed by atoms with Gasteiger partial charge in [0.1, 0.15) is 0 Å². The Morgan fingerprint density at radius 3 is 1.05 bits per heavy atom. The SMILES string of the molecule is ClC12CC3CC(CC(C3)C1)C2.OC12CC3CC(CC(C3)C1)C2. The second-order valence-corrected chi connectivity index (χ2v) is 11.0. The normalized spacial score (nSPS) is 60.3. The predicted molar refractivity (Wildman–Crippen MR) is 89.9 cm³/mol. The lowest BCUT2D eigenvalue weighted by molar-refractivity contribution is -0.124. The molecule has 8 bridgehead atoms. The van der Waals surface area contributed by atoms with Crippen molar-refractivity contribution in [1.29, 1.82) is 0 Å². The molecule has 8 rings (SSSR count). The molecule has 1 nitrogen and oxygen atoms in total. The number of alkyl halides is 1. The molecule has 0 aromatic heterocycles. The van der Waals surface area contributed by atoms with Gasteiger partial charge in [0.05, 0.1) is 5.60 Å². The molecule has 0 radical (unpaired) electrons. The fourth-order valence-electron chi connectivity index (χ4n) is 8.07. The number of halogens is 1. The maximum absolute atomic E-state index is 10.1. The van der Waals surface area contributed by atoms with Gasteiger partial charge in [0.15, 0.2) is 0 Å². The molecule has 0 amide bonds. The minimum Gasteiger partial charge on any atom is -0.390 e. The molecule has 0 atom stereocenters. The minimum atomic E-state index is -0.200. The van der Waals surface area contributed by atoms with Crippen LogP contribution in [0.5, 0.6) is 0 Å². The zero-order valence-corrected chi connectivity index (χ0v) is 14.5. The number of rotatable bonds is 0. The van der Waals surface area contributed by atoms with E-state index in [0.717, 1.165) is 54.8 Å². The van der Waals surface area contributed by atoms with Crippen molar-refractivity contribution in [3.05, 3.63) is 0 Å². The maximum atomic E-state index is 10.1. The average Bonchev–Trinajstić information content (AvgIpc) is 2.32. The van der Waals surface area contributed by atoms with Gasteiger partial charge < -0.3 is 5.11 Å². The summed E-state index contributed by atoms with van der Waals surface area (Å²) in [5.74, 6) is 5.72. The van der Waals surface area contributed by atoms with E-state index < -0.39 is 0 Å². The van der Waals surface area contributed by atoms with Crippen molar-refractivity contribution in [2.24, 2.45) is 35.5 Å². The highest BCUT2D eigenvalue weighted by Crippen LogP contribution is 2.58. The molecule has 22 heavy (non-hydrogen) atoms. The molecule has 124 valence electrons. The molecule has 0 spiro atoms. The lowest BCUT2D eigenvalue weighted by atomic mass is 9.54. The fourth-order valence-corrected chi connectivity index (χ4v) is 8.72. The van der Waals surface area contributed by atoms with E-state index in [1.807, 2.05) is 0 Å². The Morgan fingerprint density at radius 1 is 0.545 bits per heavy atom. The van der Waals surface area contributed by atoms with Crippen LogP contribution in [0, 0.1) is 35.5 Å². The van der Waals surface area contributed by atoms with E-state index in [0.29, 0.717) is 0 Å². The predicted octanol–water partition coefficient (Wildman–Crippen LogP) is 5.14. The largest absolute Gasteiger partial charge is 0.390 e. The van der Waals surface area contributed by atoms with Crippen LogP contribution in [0.2, 0.25) is 0 Å². The van der Waals surface area contributed by atoms with E-state index in [1.165, 1.54) is 57.8 Å². The molecular formula is C20H31ClO. The quantitative estimate of drug-likeness (QED) is 0.612. The van der Waals surface area contributed by atoms with Crippen LogP contribution < -0.4 is 0 Å². The first-order valence-corrected chi connectivity index (χ1v) is 10.3. The standard InChI is InChI=1S/C10H15Cl.C10H16O/c2*11-10-4-7-1-8(5-10)3-9(2-7)6-10/h7-9H,1-6H2;7-9,11H,1-6H2. The summed E-state index contributed by atoms with van der Waals surface area (Å²) in [6.07, 6.45) is 16.2. The highest BCUT2D eigenvalue weighted by atomic mass is 35.5. The van der Waals surface area contributed by atoms with Gasteiger partial charge in [-0.05, 0) is 113 Å². The van der Waals surface area contributed by atoms with Crippen LogP contribution in [0.4, 0.5) is 0 Å². The van der Waals surface area contributed by atoms with Gasteiger partial charge >= 0.3 is 0 Å². The molecule has 0 unspecified atom stereocenters. The molecule has 0 saturated heterocycles. The Hall–Kier alpha value is 0.250. The van der Waals surface area contributed by atoms with E-state index >= 15 is 0 Å². The number of hydrogen-bond donors (Lipinski definition) is 1. The number of hydrogen-bond acceptors (Lipinski definition) is 1. The summed E-state index contributed by atoms with van der Waals surface area (Å²) in [6, 6.07) is 0. The van der Waals surface area contributed by atoms with Gasteiger partial charge in [-0.15, -0.1) is 11.6 Å². The lowest BCUT2D eigenvalue weighted by Crippen LogP contribution is -2.50. The smallest absolute Gasteiger partial charge is 0.0655 e. The van der Waals surface area contributed by atoms with Gasteiger partial charge in [-0.2, -0.15) is 0 Å². The van der Waals surface area contributed by atoms with E-state index in [9.17, 15) is 5.11 Å². The zero-order chi connectivity index (χ0) is 14.9. The molecule has 8 saturated carbocycles. The van der Waals surface area contributed by atoms with Crippen molar-refractivity contribution < 1.29 is 5.11 Å². The van der Waals surface area contributed by atoms with Crippen LogP contribution in [-0.2, 0) is 0 Å². The summed E-state index contributed by atoms with van der Waals surface area (Å²) in [5.41, 5.74) is -0.200. The Kier molecular flexibility index (Phi) is 3.24. The Bertz CT molecular complexity index is 344. The van der Waals surface area contributed by atoms with Crippen molar-refractivity contribution >= 4 is 11.6 Å². The van der Waals surface area contributed by atoms with Crippen LogP contribution in [0.15, 0.2) is 0 Å². The first-order chi connectivity index (χ1) is 10.5. The van der Waals surface area contributed by atoms with Gasteiger partial charge in [-0.25, -0.2) is 0 Å². The van der Waals surface area contributed by atoms with E-state index in [2.05, 4.69) is 0 Å². The second-order valence-electron chi connectivity index (χ2n) is 10.2. The lowest BCUT2D eigenvalue weighted by Gasteiger charge is -2.54. The monoisotopic (exact) mass is 322 g/mol. The summed E-state index contributed by atoms with van der Waals surface area (Å²) in [5, 5.41) is 10.1. The summed E-state index contributed by atoms with van der Waals surface area (Å²) in [6.45, 7) is 0. The molecule has 0 aromatic carbocycles. The fraction of sp³-hybridized carbons (Fsp3) is 1.00. The highest BCUT2D eigenvalue weighted by molar-refractivity contribution is 6.24. The highest BCUT2D eigenvalue weighted by Gasteiger charge is 2.50. The van der Waals surface area contributed by atoms with Gasteiger partial charge in [-0.1, -0.05) is 0 Å². The molecule has 1 N–H and O–H groups in total. The molecule has 8 fully saturated rings. The average molecular weight is 323 g/mol. The van der Waals surface area contributed by atoms with Crippen molar-refractivity contribution in [1.82, 2.24) is 0 Å². The summed E-state index contributed by atoms with van der Waals surface area (Å²) in [7, 11) is 0. The summed E-state index contributed by atoms with van der Waals surface area (Å²) < 4.78 is 0. The number of aliphatic hydroxyl groups is 1. The maximum Gasteiger partial charge on any atom is 0.0655 e. The Labute approximate surface area is 140 Å². The van der Waals surface area contributed by atoms with E-state index in [-0.39, 0.29) is 10.5 Å². The first-order valence-electron chi connectivity index (χ1n) is 9.88. The van der Waals surface area contributed by atoms with Gasteiger partial charge in [0.25, 0.3) is 0 Å². The molecule has 8 aliphatic rings.